The number of carbonyl (C=O) groups excluding carboxylic acids is 2. The van der Waals surface area contributed by atoms with Crippen molar-refractivity contribution in [3.63, 3.8) is 0 Å². The molecule has 0 bridgehead atoms. The van der Waals surface area contributed by atoms with Crippen molar-refractivity contribution < 1.29 is 37.1 Å². The number of alkyl halides is 3. The van der Waals surface area contributed by atoms with E-state index >= 15 is 0 Å². The van der Waals surface area contributed by atoms with E-state index in [0.717, 1.165) is 12.1 Å². The van der Waals surface area contributed by atoms with Crippen LogP contribution in [0.5, 0.6) is 0 Å². The van der Waals surface area contributed by atoms with Crippen molar-refractivity contribution in [1.82, 2.24) is 5.32 Å². The molecule has 0 saturated heterocycles. The van der Waals surface area contributed by atoms with E-state index in [1.165, 1.54) is 30.3 Å². The normalized spacial score (nSPS) is 12.0. The summed E-state index contributed by atoms with van der Waals surface area (Å²) in [4.78, 5) is 36.5. The third kappa shape index (κ3) is 6.66. The molecule has 2 amide bonds. The van der Waals surface area contributed by atoms with Gasteiger partial charge in [-0.15, -0.1) is 0 Å². The Balaban J connectivity index is 1.70. The molecule has 0 aliphatic heterocycles. The maximum atomic E-state index is 13.3. The lowest BCUT2D eigenvalue weighted by Gasteiger charge is -2.16. The maximum absolute atomic E-state index is 13.3. The molecule has 11 heteroatoms. The third-order valence-corrected chi connectivity index (χ3v) is 5.60. The lowest BCUT2D eigenvalue weighted by atomic mass is 10.0. The summed E-state index contributed by atoms with van der Waals surface area (Å²) >= 11 is 3.23. The molecule has 0 aromatic heterocycles. The maximum Gasteiger partial charge on any atom is 0.417 e. The van der Waals surface area contributed by atoms with Gasteiger partial charge < -0.3 is 15.7 Å². The number of benzene rings is 3. The number of aliphatic carboxylic acids is 1. The number of hydrogen-bond acceptors (Lipinski definition) is 3. The molecule has 3 N–H and O–H groups in total. The van der Waals surface area contributed by atoms with Gasteiger partial charge in [-0.1, -0.05) is 24.3 Å². The molecule has 0 aliphatic carbocycles. The number of nitrogens with one attached hydrogen (secondary N) is 2. The fourth-order valence-corrected chi connectivity index (χ4v) is 3.65. The summed E-state index contributed by atoms with van der Waals surface area (Å²) in [6.07, 6.45) is -5.01. The van der Waals surface area contributed by atoms with Gasteiger partial charge in [-0.3, -0.25) is 9.59 Å². The predicted octanol–water partition coefficient (Wildman–Crippen LogP) is 5.29. The van der Waals surface area contributed by atoms with Crippen molar-refractivity contribution >= 4 is 39.4 Å². The smallest absolute Gasteiger partial charge is 0.417 e. The summed E-state index contributed by atoms with van der Waals surface area (Å²) in [5.74, 6) is -4.07. The van der Waals surface area contributed by atoms with Crippen LogP contribution in [0, 0.1) is 5.82 Å². The van der Waals surface area contributed by atoms with Crippen molar-refractivity contribution in [3.05, 3.63) is 99.3 Å². The van der Waals surface area contributed by atoms with Crippen LogP contribution < -0.4 is 10.6 Å². The molecule has 3 rings (SSSR count). The van der Waals surface area contributed by atoms with Crippen LogP contribution in [-0.2, 0) is 17.4 Å². The van der Waals surface area contributed by atoms with E-state index in [1.54, 1.807) is 18.2 Å². The highest BCUT2D eigenvalue weighted by atomic mass is 79.9. The topological polar surface area (TPSA) is 95.5 Å². The molecular weight excluding hydrogens is 536 g/mol. The minimum atomic E-state index is -4.93. The first-order chi connectivity index (χ1) is 16.5. The van der Waals surface area contributed by atoms with Crippen LogP contribution in [-0.4, -0.2) is 28.9 Å². The minimum absolute atomic E-state index is 0.0874. The third-order valence-electron chi connectivity index (χ3n) is 4.91. The summed E-state index contributed by atoms with van der Waals surface area (Å²) in [6.45, 7) is 0. The van der Waals surface area contributed by atoms with Crippen LogP contribution in [0.15, 0.2) is 71.2 Å². The molecule has 0 heterocycles. The van der Waals surface area contributed by atoms with Gasteiger partial charge in [-0.2, -0.15) is 13.2 Å². The van der Waals surface area contributed by atoms with Gasteiger partial charge in [0.25, 0.3) is 11.8 Å². The highest BCUT2D eigenvalue weighted by molar-refractivity contribution is 9.10. The highest BCUT2D eigenvalue weighted by Gasteiger charge is 2.35. The first-order valence-electron chi connectivity index (χ1n) is 10.0. The quantitative estimate of drug-likeness (QED) is 0.347. The molecule has 0 fully saturated rings. The number of anilines is 1. The fourth-order valence-electron chi connectivity index (χ4n) is 3.19. The largest absolute Gasteiger partial charge is 0.480 e. The van der Waals surface area contributed by atoms with Crippen LogP contribution in [0.25, 0.3) is 0 Å². The van der Waals surface area contributed by atoms with E-state index in [2.05, 4.69) is 26.6 Å². The zero-order chi connectivity index (χ0) is 25.8. The molecule has 1 unspecified atom stereocenters. The Morgan fingerprint density at radius 2 is 1.57 bits per heavy atom. The predicted molar refractivity (Wildman–Crippen MR) is 123 cm³/mol. The molecular formula is C24H17BrF4N2O4. The Hall–Kier alpha value is -3.73. The van der Waals surface area contributed by atoms with E-state index in [9.17, 15) is 37.1 Å². The zero-order valence-corrected chi connectivity index (χ0v) is 19.3. The Bertz CT molecular complexity index is 1260. The molecule has 0 saturated carbocycles. The lowest BCUT2D eigenvalue weighted by molar-refractivity contribution is -0.139. The molecule has 0 radical (unpaired) electrons. The molecule has 3 aromatic rings. The van der Waals surface area contributed by atoms with E-state index in [1.807, 2.05) is 0 Å². The average molecular weight is 553 g/mol. The average Bonchev–Trinajstić information content (AvgIpc) is 2.79. The van der Waals surface area contributed by atoms with E-state index in [-0.39, 0.29) is 23.7 Å². The van der Waals surface area contributed by atoms with Gasteiger partial charge in [0, 0.05) is 16.6 Å². The van der Waals surface area contributed by atoms with Gasteiger partial charge in [0.05, 0.1) is 16.7 Å². The number of amides is 2. The number of hydrogen-bond donors (Lipinski definition) is 3. The molecule has 3 aromatic carbocycles. The Morgan fingerprint density at radius 3 is 2.17 bits per heavy atom. The Morgan fingerprint density at radius 1 is 0.914 bits per heavy atom. The second-order valence-electron chi connectivity index (χ2n) is 7.39. The van der Waals surface area contributed by atoms with Crippen LogP contribution in [0.3, 0.4) is 0 Å². The Kier molecular flexibility index (Phi) is 7.90. The molecule has 35 heavy (non-hydrogen) atoms. The first kappa shape index (κ1) is 25.9. The second-order valence-corrected chi connectivity index (χ2v) is 8.24. The molecule has 0 aliphatic rings. The van der Waals surface area contributed by atoms with Crippen molar-refractivity contribution in [3.8, 4) is 0 Å². The summed E-state index contributed by atoms with van der Waals surface area (Å²) < 4.78 is 53.2. The second kappa shape index (κ2) is 10.7. The SMILES string of the molecule is O=C(NC(Cc1ccc(NC(=O)c2ccc(F)cc2C(F)(F)F)cc1)C(=O)O)c1ccccc1Br. The van der Waals surface area contributed by atoms with E-state index in [4.69, 9.17) is 0 Å². The van der Waals surface area contributed by atoms with Crippen molar-refractivity contribution in [2.75, 3.05) is 5.32 Å². The van der Waals surface area contributed by atoms with Crippen LogP contribution in [0.4, 0.5) is 23.2 Å². The number of carbonyl (C=O) groups is 3. The fraction of sp³-hybridized carbons (Fsp3) is 0.125. The van der Waals surface area contributed by atoms with Gasteiger partial charge in [-0.25, -0.2) is 9.18 Å². The Labute approximate surface area is 205 Å². The summed E-state index contributed by atoms with van der Waals surface area (Å²) in [7, 11) is 0. The number of halogens is 5. The zero-order valence-electron chi connectivity index (χ0n) is 17.7. The van der Waals surface area contributed by atoms with E-state index in [0.29, 0.717) is 10.0 Å². The van der Waals surface area contributed by atoms with Gasteiger partial charge in [-0.05, 0) is 64.0 Å². The van der Waals surface area contributed by atoms with Crippen LogP contribution >= 0.6 is 15.9 Å². The summed E-state index contributed by atoms with van der Waals surface area (Å²) in [6, 6.07) is 12.7. The lowest BCUT2D eigenvalue weighted by Crippen LogP contribution is -2.42. The molecule has 6 nitrogen and oxygen atoms in total. The van der Waals surface area contributed by atoms with Crippen molar-refractivity contribution in [2.45, 2.75) is 18.6 Å². The number of carboxylic acids is 1. The van der Waals surface area contributed by atoms with Gasteiger partial charge in [0.1, 0.15) is 11.9 Å². The summed E-state index contributed by atoms with van der Waals surface area (Å²) in [5, 5.41) is 14.2. The molecule has 1 atom stereocenters. The molecule has 0 spiro atoms. The van der Waals surface area contributed by atoms with Crippen LogP contribution in [0.2, 0.25) is 0 Å². The van der Waals surface area contributed by atoms with Crippen LogP contribution in [0.1, 0.15) is 31.8 Å². The van der Waals surface area contributed by atoms with Gasteiger partial charge in [0.15, 0.2) is 0 Å². The van der Waals surface area contributed by atoms with E-state index < -0.39 is 46.9 Å². The number of rotatable bonds is 7. The van der Waals surface area contributed by atoms with Gasteiger partial charge in [0.2, 0.25) is 0 Å². The van der Waals surface area contributed by atoms with Crippen molar-refractivity contribution in [1.29, 1.82) is 0 Å². The van der Waals surface area contributed by atoms with Gasteiger partial charge >= 0.3 is 12.1 Å². The monoisotopic (exact) mass is 552 g/mol. The standard InChI is InChI=1S/C24H17BrF4N2O4/c25-19-4-2-1-3-17(19)22(33)31-20(23(34)35)11-13-5-8-15(9-6-13)30-21(32)16-10-7-14(26)12-18(16)24(27,28)29/h1-10,12,20H,11H2,(H,30,32)(H,31,33)(H,34,35). The first-order valence-corrected chi connectivity index (χ1v) is 10.8. The summed E-state index contributed by atoms with van der Waals surface area (Å²) in [5.41, 5.74) is -1.27. The minimum Gasteiger partial charge on any atom is -0.480 e. The van der Waals surface area contributed by atoms with Crippen molar-refractivity contribution in [2.24, 2.45) is 0 Å². The number of carboxylic acid groups (broad SMARTS) is 1. The highest BCUT2D eigenvalue weighted by Crippen LogP contribution is 2.33. The molecule has 182 valence electrons.